The lowest BCUT2D eigenvalue weighted by molar-refractivity contribution is -0.384. The van der Waals surface area contributed by atoms with Crippen LogP contribution in [0.15, 0.2) is 76.7 Å². The van der Waals surface area contributed by atoms with Crippen molar-refractivity contribution in [3.05, 3.63) is 88.0 Å². The van der Waals surface area contributed by atoms with Gasteiger partial charge >= 0.3 is 0 Å². The van der Waals surface area contributed by atoms with Gasteiger partial charge in [-0.05, 0) is 23.3 Å². The Labute approximate surface area is 186 Å². The Morgan fingerprint density at radius 3 is 1.94 bits per heavy atom. The zero-order valence-corrected chi connectivity index (χ0v) is 18.5. The fourth-order valence-corrected chi connectivity index (χ4v) is 5.34. The van der Waals surface area contributed by atoms with Gasteiger partial charge in [0.2, 0.25) is 10.0 Å². The van der Waals surface area contributed by atoms with E-state index in [1.807, 2.05) is 48.5 Å². The molecule has 32 heavy (non-hydrogen) atoms. The fraction of sp³-hybridized carbons (Fsp3) is 0.174. The first kappa shape index (κ1) is 21.7. The molecule has 0 saturated carbocycles. The third-order valence-corrected chi connectivity index (χ3v) is 7.50. The second-order valence-corrected chi connectivity index (χ2v) is 9.13. The molecule has 9 heteroatoms. The Kier molecular flexibility index (Phi) is 5.77. The number of fused-ring (bicyclic) bond motifs is 3. The summed E-state index contributed by atoms with van der Waals surface area (Å²) in [6, 6.07) is 19.5. The number of nitrogens with zero attached hydrogens (tertiary/aromatic N) is 3. The molecule has 0 heterocycles. The molecular weight excluding hydrogens is 428 g/mol. The SMILES string of the molecule is CCN(CC)S(=O)(=O)c1ccc(NN=C2c3ccccc3-c3ccccc32)c([N+](=O)[O-])c1. The summed E-state index contributed by atoms with van der Waals surface area (Å²) < 4.78 is 26.8. The summed E-state index contributed by atoms with van der Waals surface area (Å²) >= 11 is 0. The molecule has 0 saturated heterocycles. The lowest BCUT2D eigenvalue weighted by Crippen LogP contribution is -2.30. The van der Waals surface area contributed by atoms with E-state index in [0.29, 0.717) is 5.71 Å². The second-order valence-electron chi connectivity index (χ2n) is 7.19. The zero-order valence-electron chi connectivity index (χ0n) is 17.6. The number of sulfonamides is 1. The van der Waals surface area contributed by atoms with Crippen LogP contribution in [0.4, 0.5) is 11.4 Å². The molecule has 1 N–H and O–H groups in total. The van der Waals surface area contributed by atoms with Gasteiger partial charge in [0.15, 0.2) is 0 Å². The van der Waals surface area contributed by atoms with E-state index in [4.69, 9.17) is 0 Å². The van der Waals surface area contributed by atoms with Crippen LogP contribution in [-0.2, 0) is 10.0 Å². The lowest BCUT2D eigenvalue weighted by atomic mass is 10.1. The van der Waals surface area contributed by atoms with Crippen molar-refractivity contribution in [3.63, 3.8) is 0 Å². The van der Waals surface area contributed by atoms with Crippen LogP contribution in [0.1, 0.15) is 25.0 Å². The summed E-state index contributed by atoms with van der Waals surface area (Å²) in [5.74, 6) is 0. The molecular formula is C23H22N4O4S. The van der Waals surface area contributed by atoms with Crippen molar-refractivity contribution in [1.82, 2.24) is 4.31 Å². The van der Waals surface area contributed by atoms with Crippen LogP contribution in [0.5, 0.6) is 0 Å². The maximum absolute atomic E-state index is 12.8. The molecule has 0 unspecified atom stereocenters. The summed E-state index contributed by atoms with van der Waals surface area (Å²) in [6.07, 6.45) is 0. The number of benzene rings is 3. The molecule has 0 aromatic heterocycles. The van der Waals surface area contributed by atoms with E-state index in [-0.39, 0.29) is 29.4 Å². The highest BCUT2D eigenvalue weighted by molar-refractivity contribution is 7.89. The molecule has 0 radical (unpaired) electrons. The molecule has 1 aliphatic rings. The van der Waals surface area contributed by atoms with E-state index in [9.17, 15) is 18.5 Å². The van der Waals surface area contributed by atoms with Crippen molar-refractivity contribution >= 4 is 27.1 Å². The molecule has 164 valence electrons. The molecule has 8 nitrogen and oxygen atoms in total. The third-order valence-electron chi connectivity index (χ3n) is 5.45. The highest BCUT2D eigenvalue weighted by Gasteiger charge is 2.27. The summed E-state index contributed by atoms with van der Waals surface area (Å²) in [4.78, 5) is 11.0. The van der Waals surface area contributed by atoms with E-state index >= 15 is 0 Å². The first-order valence-electron chi connectivity index (χ1n) is 10.2. The van der Waals surface area contributed by atoms with Crippen LogP contribution in [0.2, 0.25) is 0 Å². The summed E-state index contributed by atoms with van der Waals surface area (Å²) in [5, 5.41) is 16.2. The van der Waals surface area contributed by atoms with Gasteiger partial charge in [0.25, 0.3) is 5.69 Å². The minimum absolute atomic E-state index is 0.114. The maximum atomic E-state index is 12.8. The van der Waals surface area contributed by atoms with Crippen molar-refractivity contribution in [2.45, 2.75) is 18.7 Å². The average molecular weight is 451 g/mol. The summed E-state index contributed by atoms with van der Waals surface area (Å²) in [6.45, 7) is 4.00. The number of rotatable bonds is 7. The van der Waals surface area contributed by atoms with E-state index < -0.39 is 14.9 Å². The van der Waals surface area contributed by atoms with Gasteiger partial charge in [0.1, 0.15) is 5.69 Å². The molecule has 0 spiro atoms. The van der Waals surface area contributed by atoms with Crippen LogP contribution in [0, 0.1) is 10.1 Å². The average Bonchev–Trinajstić information content (AvgIpc) is 3.12. The highest BCUT2D eigenvalue weighted by atomic mass is 32.2. The molecule has 0 bridgehead atoms. The normalized spacial score (nSPS) is 12.4. The van der Waals surface area contributed by atoms with Crippen molar-refractivity contribution in [1.29, 1.82) is 0 Å². The van der Waals surface area contributed by atoms with Gasteiger partial charge in [-0.1, -0.05) is 62.4 Å². The molecule has 0 aliphatic heterocycles. The minimum Gasteiger partial charge on any atom is -0.271 e. The predicted octanol–water partition coefficient (Wildman–Crippen LogP) is 4.47. The van der Waals surface area contributed by atoms with E-state index in [1.54, 1.807) is 13.8 Å². The maximum Gasteiger partial charge on any atom is 0.295 e. The van der Waals surface area contributed by atoms with Gasteiger partial charge in [-0.15, -0.1) is 0 Å². The minimum atomic E-state index is -3.82. The Morgan fingerprint density at radius 2 is 1.44 bits per heavy atom. The van der Waals surface area contributed by atoms with Gasteiger partial charge in [-0.2, -0.15) is 9.41 Å². The fourth-order valence-electron chi connectivity index (χ4n) is 3.86. The van der Waals surface area contributed by atoms with Crippen LogP contribution in [-0.4, -0.2) is 36.4 Å². The Balaban J connectivity index is 1.75. The smallest absolute Gasteiger partial charge is 0.271 e. The number of hydrazone groups is 1. The number of nitro groups is 1. The van der Waals surface area contributed by atoms with Crippen molar-refractivity contribution in [3.8, 4) is 11.1 Å². The monoisotopic (exact) mass is 450 g/mol. The number of anilines is 1. The quantitative estimate of drug-likeness (QED) is 0.330. The van der Waals surface area contributed by atoms with Crippen LogP contribution < -0.4 is 5.43 Å². The van der Waals surface area contributed by atoms with Gasteiger partial charge in [-0.25, -0.2) is 8.42 Å². The number of nitrogens with one attached hydrogen (secondary N) is 1. The van der Waals surface area contributed by atoms with Gasteiger partial charge < -0.3 is 0 Å². The Morgan fingerprint density at radius 1 is 0.906 bits per heavy atom. The molecule has 0 fully saturated rings. The number of hydrogen-bond donors (Lipinski definition) is 1. The first-order chi connectivity index (χ1) is 15.4. The van der Waals surface area contributed by atoms with Gasteiger partial charge in [0, 0.05) is 30.3 Å². The molecule has 4 rings (SSSR count). The van der Waals surface area contributed by atoms with Crippen molar-refractivity contribution in [2.75, 3.05) is 18.5 Å². The predicted molar refractivity (Wildman–Crippen MR) is 124 cm³/mol. The number of hydrogen-bond acceptors (Lipinski definition) is 6. The van der Waals surface area contributed by atoms with Crippen molar-refractivity contribution < 1.29 is 13.3 Å². The van der Waals surface area contributed by atoms with Crippen LogP contribution in [0.3, 0.4) is 0 Å². The van der Waals surface area contributed by atoms with E-state index in [1.165, 1.54) is 16.4 Å². The Bertz CT molecular complexity index is 1280. The second kappa shape index (κ2) is 8.52. The Hall–Kier alpha value is -3.56. The molecule has 0 atom stereocenters. The lowest BCUT2D eigenvalue weighted by Gasteiger charge is -2.18. The van der Waals surface area contributed by atoms with Crippen LogP contribution in [0.25, 0.3) is 11.1 Å². The third kappa shape index (κ3) is 3.65. The topological polar surface area (TPSA) is 105 Å². The molecule has 3 aromatic rings. The standard InChI is InChI=1S/C23H22N4O4S/c1-3-26(4-2)32(30,31)16-13-14-21(22(15-16)27(28)29)24-25-23-19-11-7-5-9-17(19)18-10-6-8-12-20(18)23/h5-15,24H,3-4H2,1-2H3. The van der Waals surface area contributed by atoms with E-state index in [0.717, 1.165) is 28.3 Å². The van der Waals surface area contributed by atoms with Gasteiger partial charge in [-0.3, -0.25) is 15.5 Å². The zero-order chi connectivity index (χ0) is 22.9. The highest BCUT2D eigenvalue weighted by Crippen LogP contribution is 2.37. The van der Waals surface area contributed by atoms with Gasteiger partial charge in [0.05, 0.1) is 15.5 Å². The van der Waals surface area contributed by atoms with E-state index in [2.05, 4.69) is 10.5 Å². The van der Waals surface area contributed by atoms with Crippen molar-refractivity contribution in [2.24, 2.45) is 5.10 Å². The molecule has 0 amide bonds. The largest absolute Gasteiger partial charge is 0.295 e. The summed E-state index contributed by atoms with van der Waals surface area (Å²) in [5.41, 5.74) is 7.14. The first-order valence-corrected chi connectivity index (χ1v) is 11.6. The molecule has 3 aromatic carbocycles. The number of nitro benzene ring substituents is 1. The summed E-state index contributed by atoms with van der Waals surface area (Å²) in [7, 11) is -3.82. The van der Waals surface area contributed by atoms with Crippen LogP contribution >= 0.6 is 0 Å². The molecule has 1 aliphatic carbocycles.